The molecule has 1 atom stereocenters. The fourth-order valence-corrected chi connectivity index (χ4v) is 4.46. The van der Waals surface area contributed by atoms with Gasteiger partial charge in [-0.2, -0.15) is 0 Å². The van der Waals surface area contributed by atoms with Crippen LogP contribution >= 0.6 is 11.3 Å². The summed E-state index contributed by atoms with van der Waals surface area (Å²) in [5, 5.41) is 8.72. The molecule has 3 heterocycles. The van der Waals surface area contributed by atoms with Crippen molar-refractivity contribution in [2.45, 2.75) is 50.2 Å². The highest BCUT2D eigenvalue weighted by molar-refractivity contribution is 7.14. The van der Waals surface area contributed by atoms with Gasteiger partial charge in [0.1, 0.15) is 11.5 Å². The fraction of sp³-hybridized carbons (Fsp3) is 0.500. The Balaban J connectivity index is 1.36. The van der Waals surface area contributed by atoms with E-state index < -0.39 is 0 Å². The number of nitrogens with zero attached hydrogens (tertiary/aromatic N) is 2. The summed E-state index contributed by atoms with van der Waals surface area (Å²) in [5.74, 6) is 0.613. The van der Waals surface area contributed by atoms with Crippen LogP contribution in [0.4, 0.5) is 10.9 Å². The van der Waals surface area contributed by atoms with Crippen LogP contribution in [0.2, 0.25) is 0 Å². The summed E-state index contributed by atoms with van der Waals surface area (Å²) < 4.78 is 6.03. The van der Waals surface area contributed by atoms with Crippen LogP contribution in [-0.2, 0) is 4.74 Å². The van der Waals surface area contributed by atoms with Crippen molar-refractivity contribution in [1.82, 2.24) is 15.3 Å². The zero-order valence-electron chi connectivity index (χ0n) is 14.0. The molecule has 2 aliphatic rings. The van der Waals surface area contributed by atoms with E-state index in [2.05, 4.69) is 20.6 Å². The van der Waals surface area contributed by atoms with Crippen molar-refractivity contribution in [3.8, 4) is 0 Å². The van der Waals surface area contributed by atoms with Gasteiger partial charge in [-0.3, -0.25) is 4.79 Å². The lowest BCUT2D eigenvalue weighted by atomic mass is 9.89. The maximum atomic E-state index is 12.5. The average molecular weight is 358 g/mol. The van der Waals surface area contributed by atoms with Crippen LogP contribution in [0, 0.1) is 0 Å². The van der Waals surface area contributed by atoms with Gasteiger partial charge < -0.3 is 15.4 Å². The van der Waals surface area contributed by atoms with E-state index in [0.717, 1.165) is 38.1 Å². The molecule has 2 aromatic rings. The number of carbonyl (C=O) groups excluding carboxylic acids is 1. The minimum Gasteiger partial charge on any atom is -0.375 e. The monoisotopic (exact) mass is 358 g/mol. The third-order valence-corrected chi connectivity index (χ3v) is 5.74. The molecule has 1 unspecified atom stereocenters. The van der Waals surface area contributed by atoms with Crippen LogP contribution in [-0.4, -0.2) is 34.1 Å². The molecule has 25 heavy (non-hydrogen) atoms. The number of nitrogens with one attached hydrogen (secondary N) is 2. The Kier molecular flexibility index (Phi) is 4.67. The first-order valence-electron chi connectivity index (χ1n) is 8.81. The molecule has 0 aromatic carbocycles. The molecule has 1 saturated heterocycles. The maximum absolute atomic E-state index is 12.5. The van der Waals surface area contributed by atoms with Gasteiger partial charge in [-0.05, 0) is 37.8 Å². The Morgan fingerprint density at radius 3 is 3.00 bits per heavy atom. The van der Waals surface area contributed by atoms with E-state index in [9.17, 15) is 4.79 Å². The number of amides is 1. The van der Waals surface area contributed by atoms with Crippen LogP contribution in [0.15, 0.2) is 29.8 Å². The second-order valence-electron chi connectivity index (χ2n) is 6.78. The molecule has 4 rings (SSSR count). The molecular weight excluding hydrogens is 336 g/mol. The van der Waals surface area contributed by atoms with Crippen LogP contribution in [0.25, 0.3) is 0 Å². The lowest BCUT2D eigenvalue weighted by Crippen LogP contribution is -2.47. The Bertz CT molecular complexity index is 728. The summed E-state index contributed by atoms with van der Waals surface area (Å²) >= 11 is 1.41. The Morgan fingerprint density at radius 1 is 1.32 bits per heavy atom. The van der Waals surface area contributed by atoms with E-state index in [1.54, 1.807) is 11.6 Å². The topological polar surface area (TPSA) is 76.1 Å². The predicted octanol–water partition coefficient (Wildman–Crippen LogP) is 3.50. The smallest absolute Gasteiger partial charge is 0.271 e. The number of hydrogen-bond donors (Lipinski definition) is 2. The summed E-state index contributed by atoms with van der Waals surface area (Å²) in [6, 6.07) is 5.80. The molecule has 2 N–H and O–H groups in total. The van der Waals surface area contributed by atoms with Gasteiger partial charge in [0, 0.05) is 24.2 Å². The number of pyridine rings is 1. The number of rotatable bonds is 4. The predicted molar refractivity (Wildman–Crippen MR) is 97.3 cm³/mol. The van der Waals surface area contributed by atoms with Crippen molar-refractivity contribution in [1.29, 1.82) is 0 Å². The summed E-state index contributed by atoms with van der Waals surface area (Å²) in [7, 11) is 0. The van der Waals surface area contributed by atoms with Gasteiger partial charge in [0.25, 0.3) is 5.91 Å². The molecular formula is C18H22N4O2S. The number of ether oxygens (including phenoxy) is 1. The number of thiazole rings is 1. The number of hydrogen-bond acceptors (Lipinski definition) is 6. The second-order valence-corrected chi connectivity index (χ2v) is 7.64. The first kappa shape index (κ1) is 16.5. The van der Waals surface area contributed by atoms with Crippen molar-refractivity contribution in [3.05, 3.63) is 35.5 Å². The van der Waals surface area contributed by atoms with E-state index in [0.29, 0.717) is 10.8 Å². The van der Waals surface area contributed by atoms with E-state index >= 15 is 0 Å². The molecule has 1 saturated carbocycles. The van der Waals surface area contributed by atoms with E-state index in [1.807, 2.05) is 18.2 Å². The minimum absolute atomic E-state index is 0.00393. The SMILES string of the molecule is O=C(NC1CCOC2(CCCC2)C1)c1csc(Nc2ccccn2)n1. The third kappa shape index (κ3) is 3.82. The second kappa shape index (κ2) is 7.09. The number of aromatic nitrogens is 2. The highest BCUT2D eigenvalue weighted by Gasteiger charge is 2.40. The van der Waals surface area contributed by atoms with Gasteiger partial charge in [0.15, 0.2) is 5.13 Å². The van der Waals surface area contributed by atoms with Crippen LogP contribution in [0.5, 0.6) is 0 Å². The molecule has 7 heteroatoms. The quantitative estimate of drug-likeness (QED) is 0.875. The van der Waals surface area contributed by atoms with Crippen LogP contribution in [0.1, 0.15) is 49.0 Å². The lowest BCUT2D eigenvalue weighted by Gasteiger charge is -2.38. The van der Waals surface area contributed by atoms with Gasteiger partial charge in [0.05, 0.1) is 5.60 Å². The van der Waals surface area contributed by atoms with Gasteiger partial charge in [0.2, 0.25) is 0 Å². The van der Waals surface area contributed by atoms with E-state index in [1.165, 1.54) is 24.2 Å². The number of carbonyl (C=O) groups is 1. The largest absolute Gasteiger partial charge is 0.375 e. The van der Waals surface area contributed by atoms with E-state index in [4.69, 9.17) is 4.74 Å². The highest BCUT2D eigenvalue weighted by Crippen LogP contribution is 2.40. The molecule has 0 radical (unpaired) electrons. The molecule has 2 fully saturated rings. The summed E-state index contributed by atoms with van der Waals surface area (Å²) in [4.78, 5) is 21.1. The van der Waals surface area contributed by atoms with Gasteiger partial charge in [-0.1, -0.05) is 18.9 Å². The molecule has 1 aliphatic heterocycles. The molecule has 0 bridgehead atoms. The third-order valence-electron chi connectivity index (χ3n) is 4.98. The summed E-state index contributed by atoms with van der Waals surface area (Å²) in [5.41, 5.74) is 0.458. The first-order valence-corrected chi connectivity index (χ1v) is 9.69. The Hall–Kier alpha value is -1.99. The first-order chi connectivity index (χ1) is 12.2. The van der Waals surface area contributed by atoms with Gasteiger partial charge in [-0.15, -0.1) is 11.3 Å². The zero-order chi connectivity index (χ0) is 17.1. The summed E-state index contributed by atoms with van der Waals surface area (Å²) in [6.07, 6.45) is 8.21. The van der Waals surface area contributed by atoms with Crippen molar-refractivity contribution >= 4 is 28.2 Å². The van der Waals surface area contributed by atoms with Gasteiger partial charge >= 0.3 is 0 Å². The summed E-state index contributed by atoms with van der Waals surface area (Å²) in [6.45, 7) is 0.731. The van der Waals surface area contributed by atoms with Crippen molar-refractivity contribution in [2.75, 3.05) is 11.9 Å². The average Bonchev–Trinajstić information content (AvgIpc) is 3.26. The maximum Gasteiger partial charge on any atom is 0.271 e. The molecule has 2 aromatic heterocycles. The van der Waals surface area contributed by atoms with Crippen molar-refractivity contribution in [2.24, 2.45) is 0 Å². The van der Waals surface area contributed by atoms with Crippen LogP contribution in [0.3, 0.4) is 0 Å². The fourth-order valence-electron chi connectivity index (χ4n) is 3.76. The molecule has 1 aliphatic carbocycles. The lowest BCUT2D eigenvalue weighted by molar-refractivity contribution is -0.0823. The number of anilines is 2. The molecule has 132 valence electrons. The molecule has 6 nitrogen and oxygen atoms in total. The van der Waals surface area contributed by atoms with Crippen molar-refractivity contribution in [3.63, 3.8) is 0 Å². The van der Waals surface area contributed by atoms with Crippen LogP contribution < -0.4 is 10.6 Å². The Morgan fingerprint density at radius 2 is 2.20 bits per heavy atom. The van der Waals surface area contributed by atoms with Gasteiger partial charge in [-0.25, -0.2) is 9.97 Å². The minimum atomic E-state index is -0.106. The van der Waals surface area contributed by atoms with E-state index in [-0.39, 0.29) is 17.6 Å². The van der Waals surface area contributed by atoms with Crippen molar-refractivity contribution < 1.29 is 9.53 Å². The Labute approximate surface area is 151 Å². The zero-order valence-corrected chi connectivity index (χ0v) is 14.8. The molecule has 1 spiro atoms. The highest BCUT2D eigenvalue weighted by atomic mass is 32.1. The standard InChI is InChI=1S/C18H22N4O2S/c23-16(20-13-6-10-24-18(11-13)7-2-3-8-18)14-12-25-17(21-14)22-15-5-1-4-9-19-15/h1,4-5,9,12-13H,2-3,6-8,10-11H2,(H,20,23)(H,19,21,22). The molecule has 1 amide bonds. The normalized spacial score (nSPS) is 22.0.